The molecule has 0 radical (unpaired) electrons. The zero-order valence-electron chi connectivity index (χ0n) is 9.82. The fourth-order valence-electron chi connectivity index (χ4n) is 1.16. The number of rotatable bonds is 7. The molecule has 0 aromatic carbocycles. The highest BCUT2D eigenvalue weighted by Crippen LogP contribution is 2.01. The van der Waals surface area contributed by atoms with Gasteiger partial charge in [-0.15, -0.1) is 0 Å². The average molecular weight is 211 g/mol. The van der Waals surface area contributed by atoms with E-state index in [0.717, 1.165) is 18.9 Å². The molecule has 1 unspecified atom stereocenters. The van der Waals surface area contributed by atoms with Crippen molar-refractivity contribution in [1.29, 1.82) is 0 Å². The number of hydrogen-bond acceptors (Lipinski definition) is 3. The molecule has 0 aliphatic heterocycles. The fraction of sp³-hybridized carbons (Fsp3) is 0.667. The van der Waals surface area contributed by atoms with Gasteiger partial charge in [-0.05, 0) is 25.0 Å². The molecule has 1 heterocycles. The second-order valence-electron chi connectivity index (χ2n) is 4.12. The minimum absolute atomic E-state index is 0.539. The summed E-state index contributed by atoms with van der Waals surface area (Å²) in [5, 5.41) is 3.41. The molecular formula is C12H21NO2. The van der Waals surface area contributed by atoms with Crippen LogP contribution in [0.15, 0.2) is 22.8 Å². The summed E-state index contributed by atoms with van der Waals surface area (Å²) in [6.45, 7) is 8.78. The zero-order chi connectivity index (χ0) is 11.1. The van der Waals surface area contributed by atoms with Gasteiger partial charge in [0.1, 0.15) is 12.4 Å². The minimum Gasteiger partial charge on any atom is -0.467 e. The molecule has 0 bridgehead atoms. The van der Waals surface area contributed by atoms with Gasteiger partial charge in [0.2, 0.25) is 0 Å². The standard InChI is InChI=1S/C12H21NO2/c1-10(2)11(3)13-6-8-14-9-12-5-4-7-15-12/h4-5,7,10-11,13H,6,8-9H2,1-3H3. The van der Waals surface area contributed by atoms with Crippen molar-refractivity contribution < 1.29 is 9.15 Å². The Labute approximate surface area is 91.8 Å². The molecule has 0 aliphatic carbocycles. The second kappa shape index (κ2) is 6.64. The molecule has 0 amide bonds. The van der Waals surface area contributed by atoms with Gasteiger partial charge in [0.15, 0.2) is 0 Å². The molecule has 3 nitrogen and oxygen atoms in total. The van der Waals surface area contributed by atoms with Gasteiger partial charge in [-0.1, -0.05) is 13.8 Å². The molecule has 0 fully saturated rings. The Hall–Kier alpha value is -0.800. The summed E-state index contributed by atoms with van der Waals surface area (Å²) in [6, 6.07) is 4.33. The van der Waals surface area contributed by atoms with Crippen LogP contribution in [0.5, 0.6) is 0 Å². The van der Waals surface area contributed by atoms with Crippen LogP contribution < -0.4 is 5.32 Å². The third-order valence-electron chi connectivity index (χ3n) is 2.54. The van der Waals surface area contributed by atoms with E-state index in [1.807, 2.05) is 12.1 Å². The summed E-state index contributed by atoms with van der Waals surface area (Å²) in [5.41, 5.74) is 0. The predicted molar refractivity (Wildman–Crippen MR) is 60.7 cm³/mol. The van der Waals surface area contributed by atoms with E-state index in [2.05, 4.69) is 26.1 Å². The van der Waals surface area contributed by atoms with Crippen LogP contribution in [0.4, 0.5) is 0 Å². The van der Waals surface area contributed by atoms with E-state index in [0.29, 0.717) is 18.6 Å². The summed E-state index contributed by atoms with van der Waals surface area (Å²) in [5.74, 6) is 1.54. The van der Waals surface area contributed by atoms with E-state index in [1.54, 1.807) is 6.26 Å². The van der Waals surface area contributed by atoms with Gasteiger partial charge in [-0.25, -0.2) is 0 Å². The van der Waals surface area contributed by atoms with Gasteiger partial charge < -0.3 is 14.5 Å². The molecule has 0 spiro atoms. The summed E-state index contributed by atoms with van der Waals surface area (Å²) in [4.78, 5) is 0. The maximum absolute atomic E-state index is 5.45. The SMILES string of the molecule is CC(C)C(C)NCCOCc1ccco1. The van der Waals surface area contributed by atoms with Gasteiger partial charge in [-0.2, -0.15) is 0 Å². The van der Waals surface area contributed by atoms with E-state index < -0.39 is 0 Å². The molecule has 1 atom stereocenters. The summed E-state index contributed by atoms with van der Waals surface area (Å²) in [6.07, 6.45) is 1.66. The third-order valence-corrected chi connectivity index (χ3v) is 2.54. The van der Waals surface area contributed by atoms with Crippen molar-refractivity contribution in [2.45, 2.75) is 33.4 Å². The number of nitrogens with one attached hydrogen (secondary N) is 1. The molecule has 0 aliphatic rings. The molecule has 3 heteroatoms. The Balaban J connectivity index is 1.98. The third kappa shape index (κ3) is 5.00. The van der Waals surface area contributed by atoms with Gasteiger partial charge in [-0.3, -0.25) is 0 Å². The lowest BCUT2D eigenvalue weighted by molar-refractivity contribution is 0.105. The van der Waals surface area contributed by atoms with Crippen molar-refractivity contribution >= 4 is 0 Å². The lowest BCUT2D eigenvalue weighted by Crippen LogP contribution is -2.33. The Kier molecular flexibility index (Phi) is 5.43. The van der Waals surface area contributed by atoms with Crippen LogP contribution in [-0.4, -0.2) is 19.2 Å². The van der Waals surface area contributed by atoms with Crippen LogP contribution in [0.1, 0.15) is 26.5 Å². The van der Waals surface area contributed by atoms with E-state index in [-0.39, 0.29) is 0 Å². The summed E-state index contributed by atoms with van der Waals surface area (Å²) >= 11 is 0. The van der Waals surface area contributed by atoms with Crippen LogP contribution in [0.25, 0.3) is 0 Å². The summed E-state index contributed by atoms with van der Waals surface area (Å²) in [7, 11) is 0. The van der Waals surface area contributed by atoms with Crippen LogP contribution in [-0.2, 0) is 11.3 Å². The topological polar surface area (TPSA) is 34.4 Å². The average Bonchev–Trinajstić information content (AvgIpc) is 2.69. The molecule has 0 saturated carbocycles. The van der Waals surface area contributed by atoms with E-state index >= 15 is 0 Å². The number of furan rings is 1. The Morgan fingerprint density at radius 2 is 2.20 bits per heavy atom. The van der Waals surface area contributed by atoms with Crippen molar-refractivity contribution in [1.82, 2.24) is 5.32 Å². The van der Waals surface area contributed by atoms with Gasteiger partial charge in [0, 0.05) is 12.6 Å². The lowest BCUT2D eigenvalue weighted by atomic mass is 10.1. The normalized spacial score (nSPS) is 13.3. The molecule has 1 N–H and O–H groups in total. The molecule has 86 valence electrons. The second-order valence-corrected chi connectivity index (χ2v) is 4.12. The lowest BCUT2D eigenvalue weighted by Gasteiger charge is -2.17. The van der Waals surface area contributed by atoms with Gasteiger partial charge >= 0.3 is 0 Å². The van der Waals surface area contributed by atoms with Crippen molar-refractivity contribution in [3.8, 4) is 0 Å². The van der Waals surface area contributed by atoms with Gasteiger partial charge in [0.05, 0.1) is 12.9 Å². The first-order valence-corrected chi connectivity index (χ1v) is 5.53. The van der Waals surface area contributed by atoms with Crippen molar-refractivity contribution in [2.24, 2.45) is 5.92 Å². The molecular weight excluding hydrogens is 190 g/mol. The van der Waals surface area contributed by atoms with E-state index in [1.165, 1.54) is 0 Å². The first-order valence-electron chi connectivity index (χ1n) is 5.53. The molecule has 1 aromatic rings. The molecule has 1 rings (SSSR count). The minimum atomic E-state index is 0.539. The quantitative estimate of drug-likeness (QED) is 0.703. The van der Waals surface area contributed by atoms with Gasteiger partial charge in [0.25, 0.3) is 0 Å². The first-order chi connectivity index (χ1) is 7.20. The smallest absolute Gasteiger partial charge is 0.129 e. The van der Waals surface area contributed by atoms with Crippen molar-refractivity contribution in [2.75, 3.05) is 13.2 Å². The van der Waals surface area contributed by atoms with Crippen molar-refractivity contribution in [3.05, 3.63) is 24.2 Å². The fourth-order valence-corrected chi connectivity index (χ4v) is 1.16. The monoisotopic (exact) mass is 211 g/mol. The molecule has 1 aromatic heterocycles. The first kappa shape index (κ1) is 12.3. The number of hydrogen-bond donors (Lipinski definition) is 1. The van der Waals surface area contributed by atoms with E-state index in [9.17, 15) is 0 Å². The maximum atomic E-state index is 5.45. The highest BCUT2D eigenvalue weighted by Gasteiger charge is 2.04. The van der Waals surface area contributed by atoms with E-state index in [4.69, 9.17) is 9.15 Å². The highest BCUT2D eigenvalue weighted by molar-refractivity contribution is 4.95. The van der Waals surface area contributed by atoms with Crippen LogP contribution in [0.3, 0.4) is 0 Å². The molecule has 0 saturated heterocycles. The van der Waals surface area contributed by atoms with Crippen molar-refractivity contribution in [3.63, 3.8) is 0 Å². The number of ether oxygens (including phenoxy) is 1. The van der Waals surface area contributed by atoms with Crippen LogP contribution in [0, 0.1) is 5.92 Å². The molecule has 15 heavy (non-hydrogen) atoms. The maximum Gasteiger partial charge on any atom is 0.129 e. The largest absolute Gasteiger partial charge is 0.467 e. The predicted octanol–water partition coefficient (Wildman–Crippen LogP) is 2.43. The highest BCUT2D eigenvalue weighted by atomic mass is 16.5. The Morgan fingerprint density at radius 1 is 1.40 bits per heavy atom. The Morgan fingerprint density at radius 3 is 2.80 bits per heavy atom. The van der Waals surface area contributed by atoms with Crippen LogP contribution >= 0.6 is 0 Å². The van der Waals surface area contributed by atoms with Crippen LogP contribution in [0.2, 0.25) is 0 Å². The zero-order valence-corrected chi connectivity index (χ0v) is 9.82. The summed E-state index contributed by atoms with van der Waals surface area (Å²) < 4.78 is 10.6. The Bertz CT molecular complexity index is 244.